The number of hydrogen-bond donors (Lipinski definition) is 1. The Bertz CT molecular complexity index is 377. The van der Waals surface area contributed by atoms with E-state index in [1.807, 2.05) is 46.4 Å². The van der Waals surface area contributed by atoms with Crippen LogP contribution < -0.4 is 5.32 Å². The van der Waals surface area contributed by atoms with Crippen molar-refractivity contribution < 1.29 is 14.4 Å². The lowest BCUT2D eigenvalue weighted by Gasteiger charge is -2.32. The highest BCUT2D eigenvalue weighted by Crippen LogP contribution is 2.10. The average Bonchev–Trinajstić information content (AvgIpc) is 2.44. The quantitative estimate of drug-likeness (QED) is 0.852. The van der Waals surface area contributed by atoms with E-state index in [2.05, 4.69) is 5.32 Å². The van der Waals surface area contributed by atoms with Crippen LogP contribution in [0.4, 0.5) is 0 Å². The number of carbonyl (C=O) groups is 3. The fourth-order valence-corrected chi connectivity index (χ4v) is 1.71. The van der Waals surface area contributed by atoms with Gasteiger partial charge in [0.15, 0.2) is 0 Å². The van der Waals surface area contributed by atoms with Gasteiger partial charge in [0, 0.05) is 52.0 Å². The third-order valence-electron chi connectivity index (χ3n) is 3.37. The van der Waals surface area contributed by atoms with Gasteiger partial charge in [-0.25, -0.2) is 0 Å². The Morgan fingerprint density at radius 2 is 1.33 bits per heavy atom. The minimum Gasteiger partial charge on any atom is -0.359 e. The lowest BCUT2D eigenvalue weighted by molar-refractivity contribution is -0.138. The highest BCUT2D eigenvalue weighted by Gasteiger charge is 2.21. The third-order valence-corrected chi connectivity index (χ3v) is 3.37. The number of nitrogens with zero attached hydrogens (tertiary/aromatic N) is 2. The number of amides is 3. The van der Waals surface area contributed by atoms with Gasteiger partial charge in [0.05, 0.1) is 0 Å². The van der Waals surface area contributed by atoms with Crippen molar-refractivity contribution in [3.05, 3.63) is 0 Å². The Morgan fingerprint density at radius 3 is 1.38 bits per heavy atom. The van der Waals surface area contributed by atoms with Crippen molar-refractivity contribution in [1.82, 2.24) is 15.1 Å². The van der Waals surface area contributed by atoms with Gasteiger partial charge in [0.1, 0.15) is 0 Å². The minimum atomic E-state index is 0.0972. The first kappa shape index (κ1) is 24.7. The maximum Gasteiger partial charge on any atom is 0.225 e. The lowest BCUT2D eigenvalue weighted by Crippen LogP contribution is -2.44. The van der Waals surface area contributed by atoms with Crippen LogP contribution in [0.2, 0.25) is 0 Å². The highest BCUT2D eigenvalue weighted by atomic mass is 16.2. The second-order valence-electron chi connectivity index (χ2n) is 6.99. The van der Waals surface area contributed by atoms with Crippen molar-refractivity contribution in [1.29, 1.82) is 0 Å². The molecule has 1 N–H and O–H groups in total. The first-order valence-corrected chi connectivity index (χ1v) is 8.67. The Morgan fingerprint density at radius 1 is 0.875 bits per heavy atom. The van der Waals surface area contributed by atoms with Crippen molar-refractivity contribution in [2.45, 2.75) is 48.0 Å². The van der Waals surface area contributed by atoms with Gasteiger partial charge >= 0.3 is 0 Å². The molecule has 0 spiro atoms. The van der Waals surface area contributed by atoms with Gasteiger partial charge in [0.2, 0.25) is 17.7 Å². The van der Waals surface area contributed by atoms with Gasteiger partial charge in [-0.2, -0.15) is 0 Å². The largest absolute Gasteiger partial charge is 0.359 e. The molecule has 0 unspecified atom stereocenters. The highest BCUT2D eigenvalue weighted by molar-refractivity contribution is 5.78. The Labute approximate surface area is 148 Å². The lowest BCUT2D eigenvalue weighted by atomic mass is 10.1. The van der Waals surface area contributed by atoms with Gasteiger partial charge in [-0.15, -0.1) is 0 Å². The van der Waals surface area contributed by atoms with E-state index in [-0.39, 0.29) is 29.6 Å². The van der Waals surface area contributed by atoms with E-state index < -0.39 is 0 Å². The third kappa shape index (κ3) is 11.0. The van der Waals surface area contributed by atoms with Crippen LogP contribution in [-0.4, -0.2) is 61.8 Å². The molecular weight excluding hydrogens is 306 g/mol. The van der Waals surface area contributed by atoms with Crippen LogP contribution in [0.15, 0.2) is 0 Å². The summed E-state index contributed by atoms with van der Waals surface area (Å²) < 4.78 is 0. The summed E-state index contributed by atoms with van der Waals surface area (Å²) in [6.07, 6.45) is 1.19. The smallest absolute Gasteiger partial charge is 0.225 e. The van der Waals surface area contributed by atoms with E-state index in [9.17, 15) is 14.4 Å². The first-order valence-electron chi connectivity index (χ1n) is 8.67. The maximum atomic E-state index is 11.1. The summed E-state index contributed by atoms with van der Waals surface area (Å²) in [6, 6.07) is 0. The molecule has 0 bridgehead atoms. The molecular formula is C18H37N3O3. The molecule has 3 amide bonds. The van der Waals surface area contributed by atoms with Crippen LogP contribution in [0.1, 0.15) is 48.0 Å². The summed E-state index contributed by atoms with van der Waals surface area (Å²) >= 11 is 0. The molecule has 0 radical (unpaired) electrons. The molecule has 0 aliphatic carbocycles. The molecule has 0 atom stereocenters. The number of hydrogen-bond acceptors (Lipinski definition) is 3. The van der Waals surface area contributed by atoms with Gasteiger partial charge in [-0.1, -0.05) is 41.5 Å². The van der Waals surface area contributed by atoms with E-state index >= 15 is 0 Å². The monoisotopic (exact) mass is 343 g/mol. The minimum absolute atomic E-state index is 0.0972. The standard InChI is InChI=1S/C7H13NO.C6H13NO.C5H11NO/c1-6(2)7(9)8-4-3-5-8;1-5(2)6(8)7(3)4;1-4(2)5(7)6-3/h6H,3-5H2,1-2H3;5H,1-4H3;4H,1-3H3,(H,6,7). The molecule has 0 aromatic rings. The Hall–Kier alpha value is -1.59. The van der Waals surface area contributed by atoms with Crippen LogP contribution in [-0.2, 0) is 14.4 Å². The van der Waals surface area contributed by atoms with Crippen LogP contribution in [0.5, 0.6) is 0 Å². The van der Waals surface area contributed by atoms with E-state index in [1.54, 1.807) is 26.0 Å². The van der Waals surface area contributed by atoms with Crippen molar-refractivity contribution in [3.8, 4) is 0 Å². The zero-order valence-corrected chi connectivity index (χ0v) is 17.0. The molecule has 1 rings (SSSR count). The number of rotatable bonds is 3. The molecule has 142 valence electrons. The molecule has 0 aromatic heterocycles. The van der Waals surface area contributed by atoms with Crippen molar-refractivity contribution in [2.24, 2.45) is 17.8 Å². The summed E-state index contributed by atoms with van der Waals surface area (Å²) in [7, 11) is 5.17. The topological polar surface area (TPSA) is 69.7 Å². The van der Waals surface area contributed by atoms with Crippen LogP contribution in [0, 0.1) is 17.8 Å². The molecule has 1 aliphatic rings. The normalized spacial score (nSPS) is 12.6. The molecule has 1 heterocycles. The zero-order chi connectivity index (χ0) is 19.4. The molecule has 6 nitrogen and oxygen atoms in total. The molecule has 6 heteroatoms. The molecule has 0 aromatic carbocycles. The van der Waals surface area contributed by atoms with Gasteiger partial charge in [-0.05, 0) is 6.42 Å². The Balaban J connectivity index is 0. The van der Waals surface area contributed by atoms with Crippen LogP contribution >= 0.6 is 0 Å². The molecule has 1 aliphatic heterocycles. The number of carbonyl (C=O) groups excluding carboxylic acids is 3. The second-order valence-corrected chi connectivity index (χ2v) is 6.99. The fourth-order valence-electron chi connectivity index (χ4n) is 1.71. The van der Waals surface area contributed by atoms with Crippen molar-refractivity contribution in [3.63, 3.8) is 0 Å². The predicted molar refractivity (Wildman–Crippen MR) is 98.5 cm³/mol. The van der Waals surface area contributed by atoms with Crippen LogP contribution in [0.25, 0.3) is 0 Å². The number of nitrogens with one attached hydrogen (secondary N) is 1. The summed E-state index contributed by atoms with van der Waals surface area (Å²) in [5.41, 5.74) is 0. The molecule has 24 heavy (non-hydrogen) atoms. The van der Waals surface area contributed by atoms with Gasteiger partial charge in [-0.3, -0.25) is 14.4 Å². The zero-order valence-electron chi connectivity index (χ0n) is 17.0. The van der Waals surface area contributed by atoms with Gasteiger partial charge < -0.3 is 15.1 Å². The summed E-state index contributed by atoms with van der Waals surface area (Å²) in [5, 5.41) is 2.53. The SMILES string of the molecule is CC(C)C(=O)N(C)C.CC(C)C(=O)N1CCC1.CNC(=O)C(C)C. The first-order chi connectivity index (χ1) is 10.9. The fraction of sp³-hybridized carbons (Fsp3) is 0.833. The molecule has 1 saturated heterocycles. The van der Waals surface area contributed by atoms with Gasteiger partial charge in [0.25, 0.3) is 0 Å². The van der Waals surface area contributed by atoms with Crippen LogP contribution in [0.3, 0.4) is 0 Å². The second kappa shape index (κ2) is 12.8. The maximum absolute atomic E-state index is 11.1. The number of likely N-dealkylation sites (tertiary alicyclic amines) is 1. The average molecular weight is 344 g/mol. The van der Waals surface area contributed by atoms with Crippen molar-refractivity contribution >= 4 is 17.7 Å². The van der Waals surface area contributed by atoms with Crippen molar-refractivity contribution in [2.75, 3.05) is 34.2 Å². The Kier molecular flexibility index (Phi) is 13.1. The van der Waals surface area contributed by atoms with E-state index in [0.717, 1.165) is 13.1 Å². The summed E-state index contributed by atoms with van der Waals surface area (Å²) in [6.45, 7) is 13.4. The molecule has 1 fully saturated rings. The van der Waals surface area contributed by atoms with E-state index in [4.69, 9.17) is 0 Å². The molecule has 0 saturated carbocycles. The summed E-state index contributed by atoms with van der Waals surface area (Å²) in [5.74, 6) is 1.02. The predicted octanol–water partition coefficient (Wildman–Crippen LogP) is 1.99. The van der Waals surface area contributed by atoms with E-state index in [0.29, 0.717) is 5.91 Å². The van der Waals surface area contributed by atoms with E-state index in [1.165, 1.54) is 6.42 Å². The summed E-state index contributed by atoms with van der Waals surface area (Å²) in [4.78, 5) is 35.7.